The normalized spacial score (nSPS) is 17.2. The quantitative estimate of drug-likeness (QED) is 0.131. The van der Waals surface area contributed by atoms with Crippen LogP contribution in [0.2, 0.25) is 0 Å². The van der Waals surface area contributed by atoms with Crippen molar-refractivity contribution in [1.82, 2.24) is 41.2 Å². The van der Waals surface area contributed by atoms with E-state index in [4.69, 9.17) is 19.9 Å². The molecule has 1 aliphatic heterocycles. The molecule has 0 aliphatic carbocycles. The van der Waals surface area contributed by atoms with E-state index in [1.165, 1.54) is 25.7 Å². The Labute approximate surface area is 283 Å². The van der Waals surface area contributed by atoms with Crippen LogP contribution in [0.1, 0.15) is 74.1 Å². The van der Waals surface area contributed by atoms with Crippen molar-refractivity contribution >= 4 is 43.6 Å². The lowest BCUT2D eigenvalue weighted by molar-refractivity contribution is 0.559. The molecule has 0 saturated carbocycles. The van der Waals surface area contributed by atoms with E-state index in [-0.39, 0.29) is 0 Å². The Morgan fingerprint density at radius 1 is 0.292 bits per heavy atom. The van der Waals surface area contributed by atoms with E-state index in [1.807, 2.05) is 0 Å². The Hall–Kier alpha value is -4.08. The minimum Gasteiger partial charge on any atom is -0.311 e. The Bertz CT molecular complexity index is 1690. The zero-order chi connectivity index (χ0) is 32.4. The number of nitrogens with one attached hydrogen (secondary N) is 4. The SMILES string of the molecule is c1cc2ccc3ccc4nc3c2nc1CNCCCCCCNCc1ccc2ccc3ccc(nc3c2n1)CNCCCCCCNC4. The van der Waals surface area contributed by atoms with E-state index in [2.05, 4.69) is 94.1 Å². The van der Waals surface area contributed by atoms with Gasteiger partial charge in [-0.25, -0.2) is 19.9 Å². The molecule has 8 nitrogen and oxygen atoms in total. The molecule has 8 heteroatoms. The molecule has 7 rings (SSSR count). The highest BCUT2D eigenvalue weighted by atomic mass is 14.9. The zero-order valence-electron chi connectivity index (χ0n) is 28.0. The Morgan fingerprint density at radius 3 is 0.771 bits per heavy atom. The van der Waals surface area contributed by atoms with Crippen LogP contribution in [0, 0.1) is 0 Å². The van der Waals surface area contributed by atoms with Crippen LogP contribution in [0.25, 0.3) is 43.6 Å². The molecular formula is C40H48N8. The number of pyridine rings is 4. The average molecular weight is 641 g/mol. The molecule has 0 fully saturated rings. The summed E-state index contributed by atoms with van der Waals surface area (Å²) in [6, 6.07) is 25.9. The smallest absolute Gasteiger partial charge is 0.0968 e. The number of hydrogen-bond donors (Lipinski definition) is 4. The first-order valence-electron chi connectivity index (χ1n) is 18.0. The number of nitrogens with zero attached hydrogens (tertiary/aromatic N) is 4. The lowest BCUT2D eigenvalue weighted by Gasteiger charge is -2.10. The van der Waals surface area contributed by atoms with Crippen molar-refractivity contribution in [3.63, 3.8) is 0 Å². The maximum atomic E-state index is 5.05. The molecule has 0 saturated heterocycles. The standard InChI is InChI=1S/C40H48N8/c1-2-6-22-42-26-34-18-14-30-11-12-32-16-20-36(48-40(32)39(30)46-34)28-44-24-8-4-3-7-23-43-27-35-19-15-31-10-9-29-13-17-33(25-41-21-5-1)45-37(29)38(31)47-35/h9-20,41-44H,1-8,21-28H2. The third-order valence-corrected chi connectivity index (χ3v) is 9.41. The van der Waals surface area contributed by atoms with Gasteiger partial charge in [0.2, 0.25) is 0 Å². The number of benzene rings is 2. The summed E-state index contributed by atoms with van der Waals surface area (Å²) in [5, 5.41) is 19.0. The van der Waals surface area contributed by atoms with E-state index in [0.29, 0.717) is 0 Å². The molecular weight excluding hydrogens is 592 g/mol. The average Bonchev–Trinajstić information content (AvgIpc) is 3.12. The Kier molecular flexibility index (Phi) is 11.1. The first-order chi connectivity index (χ1) is 23.8. The van der Waals surface area contributed by atoms with Gasteiger partial charge in [0.15, 0.2) is 0 Å². The van der Waals surface area contributed by atoms with E-state index >= 15 is 0 Å². The fourth-order valence-electron chi connectivity index (χ4n) is 6.66. The van der Waals surface area contributed by atoms with E-state index in [0.717, 1.165) is 144 Å². The summed E-state index contributed by atoms with van der Waals surface area (Å²) in [6.45, 7) is 7.09. The number of hydrogen-bond acceptors (Lipinski definition) is 8. The lowest BCUT2D eigenvalue weighted by Crippen LogP contribution is -2.17. The molecule has 0 amide bonds. The third-order valence-electron chi connectivity index (χ3n) is 9.41. The van der Waals surface area contributed by atoms with Gasteiger partial charge in [-0.2, -0.15) is 0 Å². The van der Waals surface area contributed by atoms with Crippen molar-refractivity contribution in [3.05, 3.63) is 95.6 Å². The fraction of sp³-hybridized carbons (Fsp3) is 0.400. The van der Waals surface area contributed by atoms with Crippen LogP contribution in [-0.4, -0.2) is 46.1 Å². The molecule has 0 unspecified atom stereocenters. The molecule has 8 bridgehead atoms. The first-order valence-corrected chi connectivity index (χ1v) is 18.0. The minimum atomic E-state index is 0.774. The van der Waals surface area contributed by atoms with E-state index in [1.54, 1.807) is 0 Å². The summed E-state index contributed by atoms with van der Waals surface area (Å²) < 4.78 is 0. The zero-order valence-corrected chi connectivity index (χ0v) is 28.0. The van der Waals surface area contributed by atoms with Gasteiger partial charge in [0, 0.05) is 47.7 Å². The molecule has 0 spiro atoms. The minimum absolute atomic E-state index is 0.774. The Morgan fingerprint density at radius 2 is 0.521 bits per heavy atom. The summed E-state index contributed by atoms with van der Waals surface area (Å²) in [4.78, 5) is 20.2. The van der Waals surface area contributed by atoms with Crippen molar-refractivity contribution in [2.24, 2.45) is 0 Å². The highest BCUT2D eigenvalue weighted by molar-refractivity contribution is 6.03. The van der Waals surface area contributed by atoms with Crippen LogP contribution in [-0.2, 0) is 26.2 Å². The summed E-state index contributed by atoms with van der Waals surface area (Å²) in [5.41, 5.74) is 8.25. The van der Waals surface area contributed by atoms with Gasteiger partial charge >= 0.3 is 0 Å². The predicted octanol–water partition coefficient (Wildman–Crippen LogP) is 7.07. The summed E-state index contributed by atoms with van der Waals surface area (Å²) in [7, 11) is 0. The van der Waals surface area contributed by atoms with E-state index in [9.17, 15) is 0 Å². The van der Waals surface area contributed by atoms with Gasteiger partial charge < -0.3 is 21.3 Å². The largest absolute Gasteiger partial charge is 0.311 e. The van der Waals surface area contributed by atoms with Crippen LogP contribution in [0.3, 0.4) is 0 Å². The molecule has 2 aromatic carbocycles. The number of rotatable bonds is 0. The van der Waals surface area contributed by atoms with E-state index < -0.39 is 0 Å². The van der Waals surface area contributed by atoms with Gasteiger partial charge in [-0.3, -0.25) is 0 Å². The van der Waals surface area contributed by atoms with Gasteiger partial charge in [-0.1, -0.05) is 74.2 Å². The van der Waals surface area contributed by atoms with Gasteiger partial charge in [0.1, 0.15) is 0 Å². The van der Waals surface area contributed by atoms with Crippen molar-refractivity contribution in [3.8, 4) is 0 Å². The molecule has 6 aromatic rings. The molecule has 4 aromatic heterocycles. The second-order valence-electron chi connectivity index (χ2n) is 13.2. The van der Waals surface area contributed by atoms with Crippen molar-refractivity contribution in [2.75, 3.05) is 26.2 Å². The van der Waals surface area contributed by atoms with Gasteiger partial charge in [0.25, 0.3) is 0 Å². The molecule has 248 valence electrons. The van der Waals surface area contributed by atoms with Crippen LogP contribution >= 0.6 is 0 Å². The van der Waals surface area contributed by atoms with Crippen molar-refractivity contribution in [1.29, 1.82) is 0 Å². The third kappa shape index (κ3) is 8.31. The highest BCUT2D eigenvalue weighted by Crippen LogP contribution is 2.24. The molecule has 0 atom stereocenters. The summed E-state index contributed by atoms with van der Waals surface area (Å²) in [6.07, 6.45) is 9.53. The van der Waals surface area contributed by atoms with Crippen LogP contribution in [0.5, 0.6) is 0 Å². The van der Waals surface area contributed by atoms with Gasteiger partial charge in [-0.05, 0) is 76.1 Å². The number of fused-ring (bicyclic) bond motifs is 4. The topological polar surface area (TPSA) is 99.7 Å². The predicted molar refractivity (Wildman–Crippen MR) is 198 cm³/mol. The first kappa shape index (κ1) is 32.5. The van der Waals surface area contributed by atoms with Gasteiger partial charge in [-0.15, -0.1) is 0 Å². The maximum Gasteiger partial charge on any atom is 0.0968 e. The molecule has 0 radical (unpaired) electrons. The van der Waals surface area contributed by atoms with Crippen molar-refractivity contribution < 1.29 is 0 Å². The van der Waals surface area contributed by atoms with Crippen LogP contribution in [0.4, 0.5) is 0 Å². The number of aromatic nitrogens is 4. The highest BCUT2D eigenvalue weighted by Gasteiger charge is 2.09. The monoisotopic (exact) mass is 640 g/mol. The second kappa shape index (κ2) is 16.3. The maximum absolute atomic E-state index is 5.05. The van der Waals surface area contributed by atoms with Gasteiger partial charge in [0.05, 0.1) is 44.8 Å². The van der Waals surface area contributed by atoms with Crippen molar-refractivity contribution in [2.45, 2.75) is 77.5 Å². The second-order valence-corrected chi connectivity index (χ2v) is 13.2. The summed E-state index contributed by atoms with van der Waals surface area (Å²) in [5.74, 6) is 0. The molecule has 4 N–H and O–H groups in total. The summed E-state index contributed by atoms with van der Waals surface area (Å²) >= 11 is 0. The van der Waals surface area contributed by atoms with Crippen LogP contribution < -0.4 is 21.3 Å². The Balaban J connectivity index is 0.993. The molecule has 1 aliphatic rings. The molecule has 5 heterocycles. The molecule has 48 heavy (non-hydrogen) atoms. The lowest BCUT2D eigenvalue weighted by atomic mass is 10.1. The van der Waals surface area contributed by atoms with Crippen LogP contribution in [0.15, 0.2) is 72.8 Å². The fourth-order valence-corrected chi connectivity index (χ4v) is 6.66.